The number of hydrogen-bond donors (Lipinski definition) is 2. The van der Waals surface area contributed by atoms with Gasteiger partial charge in [-0.25, -0.2) is 0 Å². The molecule has 1 aliphatic rings. The first-order valence-electron chi connectivity index (χ1n) is 7.48. The fraction of sp³-hybridized carbons (Fsp3) is 0.562. The molecule has 21 heavy (non-hydrogen) atoms. The summed E-state index contributed by atoms with van der Waals surface area (Å²) in [6, 6.07) is 4.32. The number of rotatable bonds is 4. The van der Waals surface area contributed by atoms with Crippen molar-refractivity contribution in [3.05, 3.63) is 23.5 Å². The van der Waals surface area contributed by atoms with Crippen LogP contribution in [0.15, 0.2) is 12.3 Å². The van der Waals surface area contributed by atoms with Crippen molar-refractivity contribution in [2.24, 2.45) is 5.92 Å². The van der Waals surface area contributed by atoms with Gasteiger partial charge in [-0.05, 0) is 31.7 Å². The number of pyridine rings is 1. The molecule has 1 heterocycles. The molecular weight excluding hydrogens is 264 g/mol. The predicted molar refractivity (Wildman–Crippen MR) is 81.7 cm³/mol. The molecule has 5 nitrogen and oxygen atoms in total. The molecule has 0 radical (unpaired) electrons. The zero-order valence-electron chi connectivity index (χ0n) is 12.6. The van der Waals surface area contributed by atoms with Crippen molar-refractivity contribution in [3.63, 3.8) is 0 Å². The van der Waals surface area contributed by atoms with E-state index in [1.54, 1.807) is 13.2 Å². The topological polar surface area (TPSA) is 77.8 Å². The SMILES string of the molecule is CNC(=O)C[C@@H]1CCCC[C@@H]1Nc1cc(C)ncc1C#N. The average Bonchev–Trinajstić information content (AvgIpc) is 2.49. The highest BCUT2D eigenvalue weighted by molar-refractivity contribution is 5.76. The van der Waals surface area contributed by atoms with Gasteiger partial charge >= 0.3 is 0 Å². The van der Waals surface area contributed by atoms with Gasteiger partial charge < -0.3 is 10.6 Å². The van der Waals surface area contributed by atoms with Crippen molar-refractivity contribution in [2.45, 2.75) is 45.1 Å². The number of carbonyl (C=O) groups is 1. The van der Waals surface area contributed by atoms with E-state index < -0.39 is 0 Å². The van der Waals surface area contributed by atoms with Crippen LogP contribution in [0.2, 0.25) is 0 Å². The molecule has 5 heteroatoms. The van der Waals surface area contributed by atoms with Crippen LogP contribution in [0, 0.1) is 24.2 Å². The number of hydrogen-bond acceptors (Lipinski definition) is 4. The van der Waals surface area contributed by atoms with Crippen LogP contribution in [-0.2, 0) is 4.79 Å². The Balaban J connectivity index is 2.14. The van der Waals surface area contributed by atoms with Gasteiger partial charge in [0.25, 0.3) is 0 Å². The number of nitrogens with one attached hydrogen (secondary N) is 2. The lowest BCUT2D eigenvalue weighted by Crippen LogP contribution is -2.36. The highest BCUT2D eigenvalue weighted by Gasteiger charge is 2.27. The molecule has 1 amide bonds. The van der Waals surface area contributed by atoms with Crippen LogP contribution in [0.4, 0.5) is 5.69 Å². The quantitative estimate of drug-likeness (QED) is 0.890. The molecule has 2 N–H and O–H groups in total. The molecule has 0 spiro atoms. The predicted octanol–water partition coefficient (Wildman–Crippen LogP) is 2.37. The van der Waals surface area contributed by atoms with Crippen molar-refractivity contribution >= 4 is 11.6 Å². The number of nitrogens with zero attached hydrogens (tertiary/aromatic N) is 2. The number of nitriles is 1. The fourth-order valence-corrected chi connectivity index (χ4v) is 2.95. The molecule has 0 unspecified atom stereocenters. The number of amides is 1. The van der Waals surface area contributed by atoms with Crippen molar-refractivity contribution in [1.29, 1.82) is 5.26 Å². The van der Waals surface area contributed by atoms with Gasteiger partial charge in [-0.3, -0.25) is 9.78 Å². The Labute approximate surface area is 125 Å². The second-order valence-corrected chi connectivity index (χ2v) is 5.66. The highest BCUT2D eigenvalue weighted by Crippen LogP contribution is 2.30. The van der Waals surface area contributed by atoms with Crippen molar-refractivity contribution in [1.82, 2.24) is 10.3 Å². The van der Waals surface area contributed by atoms with Gasteiger partial charge in [-0.2, -0.15) is 5.26 Å². The van der Waals surface area contributed by atoms with E-state index in [4.69, 9.17) is 0 Å². The van der Waals surface area contributed by atoms with E-state index in [1.807, 2.05) is 13.0 Å². The molecule has 112 valence electrons. The molecule has 1 saturated carbocycles. The van der Waals surface area contributed by atoms with E-state index in [2.05, 4.69) is 21.7 Å². The van der Waals surface area contributed by atoms with Crippen LogP contribution >= 0.6 is 0 Å². The third kappa shape index (κ3) is 3.94. The summed E-state index contributed by atoms with van der Waals surface area (Å²) in [5.41, 5.74) is 2.28. The molecule has 0 saturated heterocycles. The Morgan fingerprint density at radius 3 is 2.95 bits per heavy atom. The summed E-state index contributed by atoms with van der Waals surface area (Å²) in [6.07, 6.45) is 6.56. The second-order valence-electron chi connectivity index (χ2n) is 5.66. The maximum absolute atomic E-state index is 11.7. The summed E-state index contributed by atoms with van der Waals surface area (Å²) in [4.78, 5) is 15.8. The molecular formula is C16H22N4O. The third-order valence-corrected chi connectivity index (χ3v) is 4.14. The Bertz CT molecular complexity index is 550. The molecule has 1 aromatic rings. The van der Waals surface area contributed by atoms with E-state index in [0.717, 1.165) is 30.6 Å². The lowest BCUT2D eigenvalue weighted by Gasteiger charge is -2.32. The Morgan fingerprint density at radius 1 is 1.48 bits per heavy atom. The molecule has 0 bridgehead atoms. The van der Waals surface area contributed by atoms with Crippen molar-refractivity contribution in [2.75, 3.05) is 12.4 Å². The minimum absolute atomic E-state index is 0.0834. The zero-order valence-corrected chi connectivity index (χ0v) is 12.6. The van der Waals surface area contributed by atoms with E-state index in [9.17, 15) is 10.1 Å². The summed E-state index contributed by atoms with van der Waals surface area (Å²) >= 11 is 0. The minimum atomic E-state index is 0.0834. The summed E-state index contributed by atoms with van der Waals surface area (Å²) in [5, 5.41) is 15.4. The number of aromatic nitrogens is 1. The summed E-state index contributed by atoms with van der Waals surface area (Å²) in [5.74, 6) is 0.402. The average molecular weight is 286 g/mol. The summed E-state index contributed by atoms with van der Waals surface area (Å²) in [6.45, 7) is 1.91. The summed E-state index contributed by atoms with van der Waals surface area (Å²) < 4.78 is 0. The number of aryl methyl sites for hydroxylation is 1. The second kappa shape index (κ2) is 7.07. The van der Waals surface area contributed by atoms with Crippen molar-refractivity contribution in [3.8, 4) is 6.07 Å². The maximum Gasteiger partial charge on any atom is 0.220 e. The van der Waals surface area contributed by atoms with Gasteiger partial charge in [0.05, 0.1) is 11.3 Å². The van der Waals surface area contributed by atoms with E-state index in [1.165, 1.54) is 6.42 Å². The number of anilines is 1. The van der Waals surface area contributed by atoms with Crippen LogP contribution in [0.1, 0.15) is 43.4 Å². The molecule has 1 fully saturated rings. The third-order valence-electron chi connectivity index (χ3n) is 4.14. The maximum atomic E-state index is 11.7. The van der Waals surface area contributed by atoms with Crippen LogP contribution in [0.3, 0.4) is 0 Å². The first-order chi connectivity index (χ1) is 10.1. The molecule has 2 atom stereocenters. The van der Waals surface area contributed by atoms with Gasteiger partial charge in [0, 0.05) is 31.4 Å². The monoisotopic (exact) mass is 286 g/mol. The Morgan fingerprint density at radius 2 is 2.24 bits per heavy atom. The van der Waals surface area contributed by atoms with E-state index in [-0.39, 0.29) is 11.9 Å². The first-order valence-corrected chi connectivity index (χ1v) is 7.48. The molecule has 2 rings (SSSR count). The minimum Gasteiger partial charge on any atom is -0.381 e. The zero-order chi connectivity index (χ0) is 15.2. The van der Waals surface area contributed by atoms with Gasteiger partial charge in [0.1, 0.15) is 6.07 Å². The smallest absolute Gasteiger partial charge is 0.220 e. The van der Waals surface area contributed by atoms with Gasteiger partial charge in [0.2, 0.25) is 5.91 Å². The lowest BCUT2D eigenvalue weighted by atomic mass is 9.82. The fourth-order valence-electron chi connectivity index (χ4n) is 2.95. The molecule has 1 aromatic heterocycles. The van der Waals surface area contributed by atoms with Crippen LogP contribution < -0.4 is 10.6 Å². The normalized spacial score (nSPS) is 21.4. The largest absolute Gasteiger partial charge is 0.381 e. The Kier molecular flexibility index (Phi) is 5.15. The van der Waals surface area contributed by atoms with Gasteiger partial charge in [-0.1, -0.05) is 12.8 Å². The van der Waals surface area contributed by atoms with E-state index in [0.29, 0.717) is 17.9 Å². The van der Waals surface area contributed by atoms with Crippen LogP contribution in [0.5, 0.6) is 0 Å². The van der Waals surface area contributed by atoms with Crippen LogP contribution in [-0.4, -0.2) is 24.0 Å². The highest BCUT2D eigenvalue weighted by atomic mass is 16.1. The lowest BCUT2D eigenvalue weighted by molar-refractivity contribution is -0.121. The summed E-state index contributed by atoms with van der Waals surface area (Å²) in [7, 11) is 1.67. The first kappa shape index (κ1) is 15.3. The van der Waals surface area contributed by atoms with E-state index >= 15 is 0 Å². The van der Waals surface area contributed by atoms with Crippen LogP contribution in [0.25, 0.3) is 0 Å². The molecule has 0 aromatic carbocycles. The standard InChI is InChI=1S/C16H22N4O/c1-11-7-15(13(9-17)10-19-11)20-14-6-4-3-5-12(14)8-16(21)18-2/h7,10,12,14H,3-6,8H2,1-2H3,(H,18,21)(H,19,20)/t12-,14-/m0/s1. The molecule has 1 aliphatic carbocycles. The Hall–Kier alpha value is -2.09. The van der Waals surface area contributed by atoms with Gasteiger partial charge in [0.15, 0.2) is 0 Å². The number of carbonyl (C=O) groups excluding carboxylic acids is 1. The molecule has 0 aliphatic heterocycles. The van der Waals surface area contributed by atoms with Crippen molar-refractivity contribution < 1.29 is 4.79 Å². The van der Waals surface area contributed by atoms with Gasteiger partial charge in [-0.15, -0.1) is 0 Å².